The summed E-state index contributed by atoms with van der Waals surface area (Å²) in [6, 6.07) is 8.57. The molecule has 6 amide bonds. The molecule has 3 fully saturated rings. The second-order valence-electron chi connectivity index (χ2n) is 22.1. The maximum atomic E-state index is 13.8. The SMILES string of the molecule is COc1c2n(cc(C(=O)NCc3ccc(F)cc3F)c1=O)C[C@@H]1OCC[C@@H](C)N1C2=O.C[C@@H]1CCO[C@H]2Cn3cc(C(=O)NCc4ccc(F)cc4F)c(=O)c(Cl)c3C(=O)N12.C[C@@H]1CCO[C@H]2Cn3cc(C(=O)NCc4ccc(F)cc4F)c(=O)c([O-])c3C(=O)N12.[Na+]. The summed E-state index contributed by atoms with van der Waals surface area (Å²) in [5.74, 6) is -9.91. The van der Waals surface area contributed by atoms with Crippen LogP contribution in [0.15, 0.2) is 87.6 Å². The van der Waals surface area contributed by atoms with Crippen LogP contribution >= 0.6 is 11.6 Å². The number of nitrogens with one attached hydrogen (secondary N) is 3. The van der Waals surface area contributed by atoms with Crippen LogP contribution in [0.3, 0.4) is 0 Å². The number of pyridine rings is 3. The van der Waals surface area contributed by atoms with Gasteiger partial charge >= 0.3 is 29.6 Å². The molecule has 0 radical (unpaired) electrons. The van der Waals surface area contributed by atoms with Crippen molar-refractivity contribution in [3.05, 3.63) is 194 Å². The number of benzene rings is 3. The Labute approximate surface area is 546 Å². The number of hydrogen-bond donors (Lipinski definition) is 3. The molecule has 3 N–H and O–H groups in total. The summed E-state index contributed by atoms with van der Waals surface area (Å²) in [4.78, 5) is 119. The van der Waals surface area contributed by atoms with E-state index in [0.29, 0.717) is 57.3 Å². The Kier molecular flexibility index (Phi) is 20.9. The molecule has 6 aliphatic heterocycles. The first-order chi connectivity index (χ1) is 43.4. The van der Waals surface area contributed by atoms with E-state index in [0.717, 1.165) is 24.4 Å². The van der Waals surface area contributed by atoms with Gasteiger partial charge in [-0.25, -0.2) is 26.3 Å². The number of ether oxygens (including phenoxy) is 4. The van der Waals surface area contributed by atoms with Crippen molar-refractivity contribution in [3.63, 3.8) is 0 Å². The number of carbonyl (C=O) groups excluding carboxylic acids is 6. The molecule has 0 bridgehead atoms. The third-order valence-corrected chi connectivity index (χ3v) is 16.6. The summed E-state index contributed by atoms with van der Waals surface area (Å²) in [5, 5.41) is 19.5. The number of hydrogen-bond acceptors (Lipinski definition) is 14. The topological polar surface area (TPSA) is 274 Å². The van der Waals surface area contributed by atoms with Gasteiger partial charge < -0.3 is 68.4 Å². The smallest absolute Gasteiger partial charge is 0.868 e. The van der Waals surface area contributed by atoms with Crippen LogP contribution in [0.1, 0.15) is 119 Å². The molecule has 6 aromatic rings. The second-order valence-corrected chi connectivity index (χ2v) is 22.5. The molecule has 0 unspecified atom stereocenters. The average Bonchev–Trinajstić information content (AvgIpc) is 0.779. The third-order valence-electron chi connectivity index (χ3n) is 16.3. The minimum absolute atomic E-state index is 0. The normalized spacial score (nSPS) is 20.2. The quantitative estimate of drug-likeness (QED) is 0.130. The molecule has 9 heterocycles. The van der Waals surface area contributed by atoms with Gasteiger partial charge in [0, 0.05) is 91.2 Å². The van der Waals surface area contributed by atoms with Gasteiger partial charge in [-0.1, -0.05) is 29.8 Å². The van der Waals surface area contributed by atoms with Gasteiger partial charge in [0.2, 0.25) is 10.9 Å². The third kappa shape index (κ3) is 13.6. The van der Waals surface area contributed by atoms with E-state index in [1.165, 1.54) is 56.3 Å². The standard InChI is InChI=1S/C21H21F2N3O5.C20H18ClF2N3O4.C20H19F2N3O5.Na/c1-11-5-6-31-16-10-25-9-14(18(27)19(30-2)17(25)21(29)26(11)16)20(28)24-8-12-3-4-13(22)7-15(12)23;1-10-4-5-30-15-9-25-8-13(18(27)16(21)17(25)20(29)26(10)15)19(28)24-7-11-2-3-12(22)6-14(11)23;1-10-4-5-30-15-9-24-8-13(17(26)18(27)16(24)20(29)25(10)15)19(28)23-7-11-2-3-12(21)6-14(11)22;/h3-4,7,9,11,16H,5-6,8,10H2,1-2H3,(H,24,28);2-3,6,8,10,15H,4-5,7,9H2,1H3,(H,24,28);2-3,6,8,10,15,27H,4-5,7,9H2,1H3,(H,23,28);/q;;;+1/p-1/t11-,16+;2*10-,15+;/m111./s1. The number of amides is 6. The Balaban J connectivity index is 0.000000162. The molecule has 23 nitrogen and oxygen atoms in total. The largest absolute Gasteiger partial charge is 1.00 e. The first-order valence-electron chi connectivity index (χ1n) is 28.5. The van der Waals surface area contributed by atoms with E-state index < -0.39 is 117 Å². The zero-order valence-electron chi connectivity index (χ0n) is 49.9. The molecule has 3 saturated heterocycles. The van der Waals surface area contributed by atoms with Crippen LogP contribution in [0.25, 0.3) is 0 Å². The van der Waals surface area contributed by atoms with Crippen molar-refractivity contribution >= 4 is 47.0 Å². The molecule has 31 heteroatoms. The van der Waals surface area contributed by atoms with E-state index in [1.807, 2.05) is 20.8 Å². The van der Waals surface area contributed by atoms with E-state index in [1.54, 1.807) is 9.80 Å². The monoisotopic (exact) mass is 1310 g/mol. The number of methoxy groups -OCH3 is 1. The molecule has 92 heavy (non-hydrogen) atoms. The minimum atomic E-state index is -1.12. The maximum absolute atomic E-state index is 13.8. The molecule has 12 rings (SSSR count). The Morgan fingerprint density at radius 1 is 0.522 bits per heavy atom. The Morgan fingerprint density at radius 3 is 1.22 bits per heavy atom. The molecule has 6 aliphatic rings. The maximum Gasteiger partial charge on any atom is 1.00 e. The van der Waals surface area contributed by atoms with Gasteiger partial charge in [-0.2, -0.15) is 0 Å². The van der Waals surface area contributed by atoms with Gasteiger partial charge in [0.1, 0.15) is 68.0 Å². The Morgan fingerprint density at radius 2 is 0.848 bits per heavy atom. The van der Waals surface area contributed by atoms with E-state index >= 15 is 0 Å². The zero-order chi connectivity index (χ0) is 65.4. The van der Waals surface area contributed by atoms with Crippen molar-refractivity contribution in [1.29, 1.82) is 0 Å². The van der Waals surface area contributed by atoms with Gasteiger partial charge in [-0.05, 0) is 64.0 Å². The molecule has 6 atom stereocenters. The summed E-state index contributed by atoms with van der Waals surface area (Å²) < 4.78 is 107. The van der Waals surface area contributed by atoms with Crippen molar-refractivity contribution in [1.82, 2.24) is 44.4 Å². The van der Waals surface area contributed by atoms with Crippen molar-refractivity contribution < 1.29 is 109 Å². The fraction of sp³-hybridized carbons (Fsp3) is 0.361. The molecule has 0 aliphatic carbocycles. The van der Waals surface area contributed by atoms with Gasteiger partial charge in [0.15, 0.2) is 35.6 Å². The van der Waals surface area contributed by atoms with Gasteiger partial charge in [-0.15, -0.1) is 0 Å². The van der Waals surface area contributed by atoms with Crippen LogP contribution < -0.4 is 71.6 Å². The summed E-state index contributed by atoms with van der Waals surface area (Å²) in [6.45, 7) is 6.83. The summed E-state index contributed by atoms with van der Waals surface area (Å²) in [7, 11) is 1.25. The van der Waals surface area contributed by atoms with E-state index in [9.17, 15) is 74.6 Å². The number of halogens is 7. The van der Waals surface area contributed by atoms with Crippen LogP contribution in [-0.4, -0.2) is 128 Å². The molecule has 3 aromatic heterocycles. The van der Waals surface area contributed by atoms with Gasteiger partial charge in [0.05, 0.1) is 46.6 Å². The Bertz CT molecular complexity index is 3980. The molecule has 3 aromatic carbocycles. The predicted octanol–water partition coefficient (Wildman–Crippen LogP) is 1.68. The van der Waals surface area contributed by atoms with Crippen molar-refractivity contribution in [2.75, 3.05) is 26.9 Å². The number of nitrogens with zero attached hydrogens (tertiary/aromatic N) is 6. The first-order valence-corrected chi connectivity index (χ1v) is 28.9. The van der Waals surface area contributed by atoms with Crippen molar-refractivity contribution in [2.24, 2.45) is 0 Å². The average molecular weight is 1310 g/mol. The molecule has 0 saturated carbocycles. The van der Waals surface area contributed by atoms with Crippen LogP contribution in [-0.2, 0) is 53.5 Å². The minimum Gasteiger partial charge on any atom is -0.868 e. The number of rotatable bonds is 10. The van der Waals surface area contributed by atoms with E-state index in [-0.39, 0.29) is 143 Å². The molecule has 480 valence electrons. The fourth-order valence-electron chi connectivity index (χ4n) is 11.4. The van der Waals surface area contributed by atoms with Crippen LogP contribution in [0.2, 0.25) is 5.02 Å². The summed E-state index contributed by atoms with van der Waals surface area (Å²) in [6.07, 6.45) is 4.02. The van der Waals surface area contributed by atoms with Crippen LogP contribution in [0.4, 0.5) is 26.3 Å². The Hall–Kier alpha value is -8.32. The molecular weight excluding hydrogens is 1260 g/mol. The van der Waals surface area contributed by atoms with E-state index in [2.05, 4.69) is 16.0 Å². The summed E-state index contributed by atoms with van der Waals surface area (Å²) in [5.41, 5.74) is -3.76. The van der Waals surface area contributed by atoms with Crippen LogP contribution in [0, 0.1) is 34.9 Å². The van der Waals surface area contributed by atoms with Gasteiger partial charge in [0.25, 0.3) is 35.4 Å². The predicted molar refractivity (Wildman–Crippen MR) is 306 cm³/mol. The first kappa shape index (κ1) is 68.1. The second kappa shape index (κ2) is 28.3. The van der Waals surface area contributed by atoms with Gasteiger partial charge in [-0.3, -0.25) is 43.2 Å². The van der Waals surface area contributed by atoms with Crippen LogP contribution in [0.5, 0.6) is 11.5 Å². The number of carbonyl (C=O) groups is 6. The number of fused-ring (bicyclic) bond motifs is 6. The van der Waals surface area contributed by atoms with E-state index in [4.69, 9.17) is 30.5 Å². The summed E-state index contributed by atoms with van der Waals surface area (Å²) >= 11 is 6.19. The van der Waals surface area contributed by atoms with Crippen molar-refractivity contribution in [2.45, 2.75) is 116 Å². The zero-order valence-corrected chi connectivity index (χ0v) is 52.7. The number of aromatic nitrogens is 3. The fourth-order valence-corrected chi connectivity index (χ4v) is 11.7. The molecule has 0 spiro atoms. The van der Waals surface area contributed by atoms with Crippen molar-refractivity contribution in [3.8, 4) is 11.5 Å². The molecular formula is C61H57ClF6N9NaO14.